The Hall–Kier alpha value is -1.47. The zero-order valence-electron chi connectivity index (χ0n) is 7.65. The average Bonchev–Trinajstić information content (AvgIpc) is 2.62. The first kappa shape index (κ1) is 9.10. The quantitative estimate of drug-likeness (QED) is 0.705. The van der Waals surface area contributed by atoms with Crippen LogP contribution >= 0.6 is 11.8 Å². The zero-order valence-corrected chi connectivity index (χ0v) is 8.47. The summed E-state index contributed by atoms with van der Waals surface area (Å²) < 4.78 is 5.50. The lowest BCUT2D eigenvalue weighted by Crippen LogP contribution is -1.81. The largest absolute Gasteiger partial charge is 0.431 e. The van der Waals surface area contributed by atoms with Gasteiger partial charge in [0.2, 0.25) is 0 Å². The Labute approximate surface area is 85.7 Å². The van der Waals surface area contributed by atoms with Gasteiger partial charge in [0.25, 0.3) is 5.22 Å². The van der Waals surface area contributed by atoms with Gasteiger partial charge >= 0.3 is 0 Å². The third kappa shape index (κ3) is 1.47. The van der Waals surface area contributed by atoms with Gasteiger partial charge in [-0.1, -0.05) is 23.9 Å². The van der Waals surface area contributed by atoms with Gasteiger partial charge in [0.05, 0.1) is 12.5 Å². The van der Waals surface area contributed by atoms with E-state index in [2.05, 4.69) is 11.1 Å². The maximum absolute atomic E-state index is 8.63. The monoisotopic (exact) mass is 204 g/mol. The molecule has 0 unspecified atom stereocenters. The highest BCUT2D eigenvalue weighted by Crippen LogP contribution is 2.24. The molecule has 0 fully saturated rings. The second-order valence-corrected chi connectivity index (χ2v) is 3.54. The molecule has 0 saturated heterocycles. The molecule has 1 heterocycles. The van der Waals surface area contributed by atoms with E-state index >= 15 is 0 Å². The second kappa shape index (κ2) is 3.72. The number of aromatic nitrogens is 1. The Morgan fingerprint density at radius 2 is 2.43 bits per heavy atom. The molecule has 0 radical (unpaired) electrons. The summed E-state index contributed by atoms with van der Waals surface area (Å²) in [5.41, 5.74) is 2.46. The smallest absolute Gasteiger partial charge is 0.256 e. The van der Waals surface area contributed by atoms with E-state index in [4.69, 9.17) is 9.68 Å². The van der Waals surface area contributed by atoms with Crippen molar-refractivity contribution < 1.29 is 4.42 Å². The molecule has 14 heavy (non-hydrogen) atoms. The topological polar surface area (TPSA) is 49.8 Å². The lowest BCUT2D eigenvalue weighted by Gasteiger charge is -1.92. The third-order valence-electron chi connectivity index (χ3n) is 1.92. The summed E-state index contributed by atoms with van der Waals surface area (Å²) in [5.74, 6) is 0. The van der Waals surface area contributed by atoms with Crippen LogP contribution in [0.5, 0.6) is 0 Å². The number of hydrogen-bond donors (Lipinski definition) is 0. The minimum atomic E-state index is 0.361. The predicted octanol–water partition coefficient (Wildman–Crippen LogP) is 2.62. The molecular weight excluding hydrogens is 196 g/mol. The molecule has 0 N–H and O–H groups in total. The van der Waals surface area contributed by atoms with Crippen LogP contribution in [0.3, 0.4) is 0 Å². The van der Waals surface area contributed by atoms with Gasteiger partial charge < -0.3 is 4.42 Å². The minimum Gasteiger partial charge on any atom is -0.431 e. The molecule has 70 valence electrons. The SMILES string of the molecule is CSc1nc2cccc(CC#N)c2o1. The predicted molar refractivity (Wildman–Crippen MR) is 55.1 cm³/mol. The van der Waals surface area contributed by atoms with Gasteiger partial charge in [-0.3, -0.25) is 0 Å². The number of oxazole rings is 1. The Balaban J connectivity index is 2.62. The van der Waals surface area contributed by atoms with Crippen molar-refractivity contribution >= 4 is 22.9 Å². The molecule has 4 heteroatoms. The van der Waals surface area contributed by atoms with Gasteiger partial charge in [-0.2, -0.15) is 5.26 Å². The van der Waals surface area contributed by atoms with E-state index in [1.54, 1.807) is 0 Å². The number of nitrogens with zero attached hydrogens (tertiary/aromatic N) is 2. The molecule has 0 aliphatic rings. The highest BCUT2D eigenvalue weighted by atomic mass is 32.2. The highest BCUT2D eigenvalue weighted by molar-refractivity contribution is 7.98. The molecule has 0 aliphatic heterocycles. The maximum atomic E-state index is 8.63. The molecule has 1 aromatic carbocycles. The van der Waals surface area contributed by atoms with Crippen LogP contribution in [0.25, 0.3) is 11.1 Å². The number of benzene rings is 1. The number of nitriles is 1. The fourth-order valence-electron chi connectivity index (χ4n) is 1.30. The molecule has 0 spiro atoms. The van der Waals surface area contributed by atoms with Crippen molar-refractivity contribution in [3.8, 4) is 6.07 Å². The van der Waals surface area contributed by atoms with Gasteiger partial charge in [-0.15, -0.1) is 0 Å². The van der Waals surface area contributed by atoms with Crippen molar-refractivity contribution in [1.82, 2.24) is 4.98 Å². The lowest BCUT2D eigenvalue weighted by molar-refractivity contribution is 0.488. The Kier molecular flexibility index (Phi) is 2.42. The summed E-state index contributed by atoms with van der Waals surface area (Å²) in [6.45, 7) is 0. The zero-order chi connectivity index (χ0) is 9.97. The molecule has 0 amide bonds. The van der Waals surface area contributed by atoms with Crippen molar-refractivity contribution in [3.63, 3.8) is 0 Å². The van der Waals surface area contributed by atoms with Crippen molar-refractivity contribution in [2.24, 2.45) is 0 Å². The number of para-hydroxylation sites is 1. The molecule has 0 saturated carbocycles. The molecule has 2 aromatic rings. The molecule has 3 nitrogen and oxygen atoms in total. The highest BCUT2D eigenvalue weighted by Gasteiger charge is 2.08. The molecule has 0 atom stereocenters. The van der Waals surface area contributed by atoms with Gasteiger partial charge in [0, 0.05) is 5.56 Å². The Bertz CT molecular complexity index is 498. The second-order valence-electron chi connectivity index (χ2n) is 2.78. The van der Waals surface area contributed by atoms with Crippen LogP contribution in [0.2, 0.25) is 0 Å². The molecular formula is C10H8N2OS. The van der Waals surface area contributed by atoms with Crippen LogP contribution in [0.15, 0.2) is 27.8 Å². The van der Waals surface area contributed by atoms with Gasteiger partial charge in [-0.05, 0) is 12.3 Å². The third-order valence-corrected chi connectivity index (χ3v) is 2.44. The van der Waals surface area contributed by atoms with E-state index in [9.17, 15) is 0 Å². The molecule has 1 aromatic heterocycles. The van der Waals surface area contributed by atoms with E-state index in [1.165, 1.54) is 11.8 Å². The summed E-state index contributed by atoms with van der Waals surface area (Å²) in [6.07, 6.45) is 2.27. The number of fused-ring (bicyclic) bond motifs is 1. The molecule has 2 rings (SSSR count). The maximum Gasteiger partial charge on any atom is 0.256 e. The standard InChI is InChI=1S/C10H8N2OS/c1-14-10-12-8-4-2-3-7(5-6-11)9(8)13-10/h2-4H,5H2,1H3. The summed E-state index contributed by atoms with van der Waals surface area (Å²) >= 11 is 1.46. The van der Waals surface area contributed by atoms with Gasteiger partial charge in [0.15, 0.2) is 5.58 Å². The Morgan fingerprint density at radius 3 is 3.14 bits per heavy atom. The van der Waals surface area contributed by atoms with Crippen molar-refractivity contribution in [3.05, 3.63) is 23.8 Å². The van der Waals surface area contributed by atoms with Crippen LogP contribution in [-0.4, -0.2) is 11.2 Å². The summed E-state index contributed by atoms with van der Waals surface area (Å²) in [4.78, 5) is 4.26. The fraction of sp³-hybridized carbons (Fsp3) is 0.200. The van der Waals surface area contributed by atoms with Crippen LogP contribution in [0.4, 0.5) is 0 Å². The molecule has 0 aliphatic carbocycles. The van der Waals surface area contributed by atoms with Crippen LogP contribution in [-0.2, 0) is 6.42 Å². The fourth-order valence-corrected chi connectivity index (χ4v) is 1.65. The summed E-state index contributed by atoms with van der Waals surface area (Å²) in [5, 5.41) is 9.27. The summed E-state index contributed by atoms with van der Waals surface area (Å²) in [7, 11) is 0. The van der Waals surface area contributed by atoms with Crippen molar-refractivity contribution in [1.29, 1.82) is 5.26 Å². The average molecular weight is 204 g/mol. The lowest BCUT2D eigenvalue weighted by atomic mass is 10.1. The number of thioether (sulfide) groups is 1. The van der Waals surface area contributed by atoms with Crippen molar-refractivity contribution in [2.45, 2.75) is 11.6 Å². The van der Waals surface area contributed by atoms with Gasteiger partial charge in [0.1, 0.15) is 5.52 Å². The first-order valence-electron chi connectivity index (χ1n) is 4.14. The van der Waals surface area contributed by atoms with Crippen LogP contribution in [0, 0.1) is 11.3 Å². The number of hydrogen-bond acceptors (Lipinski definition) is 4. The van der Waals surface area contributed by atoms with E-state index in [1.807, 2.05) is 24.5 Å². The van der Waals surface area contributed by atoms with Crippen LogP contribution < -0.4 is 0 Å². The molecule has 0 bridgehead atoms. The van der Waals surface area contributed by atoms with E-state index in [-0.39, 0.29) is 0 Å². The van der Waals surface area contributed by atoms with Crippen LogP contribution in [0.1, 0.15) is 5.56 Å². The van der Waals surface area contributed by atoms with Crippen molar-refractivity contribution in [2.75, 3.05) is 6.26 Å². The number of rotatable bonds is 2. The van der Waals surface area contributed by atoms with Gasteiger partial charge in [-0.25, -0.2) is 4.98 Å². The normalized spacial score (nSPS) is 10.3. The van der Waals surface area contributed by atoms with E-state index in [0.29, 0.717) is 11.6 Å². The van der Waals surface area contributed by atoms with E-state index < -0.39 is 0 Å². The first-order valence-corrected chi connectivity index (χ1v) is 5.37. The minimum absolute atomic E-state index is 0.361. The van der Waals surface area contributed by atoms with E-state index in [0.717, 1.165) is 16.7 Å². The first-order chi connectivity index (χ1) is 6.85. The Morgan fingerprint density at radius 1 is 1.57 bits per heavy atom. The summed E-state index contributed by atoms with van der Waals surface area (Å²) in [6, 6.07) is 7.78.